The lowest BCUT2D eigenvalue weighted by Crippen LogP contribution is -2.30. The summed E-state index contributed by atoms with van der Waals surface area (Å²) < 4.78 is 13.7. The molecule has 1 heterocycles. The van der Waals surface area contributed by atoms with Gasteiger partial charge < -0.3 is 5.11 Å². The van der Waals surface area contributed by atoms with Crippen molar-refractivity contribution in [1.82, 2.24) is 4.90 Å². The minimum Gasteiger partial charge on any atom is -0.507 e. The van der Waals surface area contributed by atoms with E-state index in [0.717, 1.165) is 41.4 Å². The highest BCUT2D eigenvalue weighted by atomic mass is 31.1. The van der Waals surface area contributed by atoms with Crippen LogP contribution in [-0.4, -0.2) is 23.1 Å². The molecule has 0 radical (unpaired) electrons. The molecule has 1 saturated heterocycles. The fraction of sp³-hybridized carbons (Fsp3) is 0.368. The highest BCUT2D eigenvalue weighted by Gasteiger charge is 2.14. The first kappa shape index (κ1) is 16.4. The van der Waals surface area contributed by atoms with Crippen LogP contribution in [0.1, 0.15) is 30.4 Å². The highest BCUT2D eigenvalue weighted by molar-refractivity contribution is 7.55. The van der Waals surface area contributed by atoms with Crippen molar-refractivity contribution in [1.29, 1.82) is 0 Å². The number of hydrogen-bond donors (Lipinski definition) is 1. The molecule has 1 aliphatic heterocycles. The Hall–Kier alpha value is -1.44. The van der Waals surface area contributed by atoms with E-state index < -0.39 is 0 Å². The summed E-state index contributed by atoms with van der Waals surface area (Å²) in [5, 5.41) is 12.1. The van der Waals surface area contributed by atoms with Crippen molar-refractivity contribution in [3.8, 4) is 5.75 Å². The predicted octanol–water partition coefficient (Wildman–Crippen LogP) is 3.45. The molecule has 2 aromatic carbocycles. The largest absolute Gasteiger partial charge is 0.507 e. The predicted molar refractivity (Wildman–Crippen MR) is 96.0 cm³/mol. The van der Waals surface area contributed by atoms with Crippen LogP contribution >= 0.6 is 8.58 Å². The van der Waals surface area contributed by atoms with Gasteiger partial charge in [0.05, 0.1) is 0 Å². The van der Waals surface area contributed by atoms with E-state index in [1.165, 1.54) is 25.3 Å². The van der Waals surface area contributed by atoms with E-state index in [1.54, 1.807) is 12.1 Å². The summed E-state index contributed by atoms with van der Waals surface area (Å²) in [6.07, 6.45) is 3.75. The van der Waals surface area contributed by atoms with Crippen molar-refractivity contribution in [3.05, 3.63) is 53.3 Å². The van der Waals surface area contributed by atoms with Crippen molar-refractivity contribution in [2.75, 3.05) is 13.1 Å². The summed E-state index contributed by atoms with van der Waals surface area (Å²) >= 11 is 0. The summed E-state index contributed by atoms with van der Waals surface area (Å²) in [5.74, 6) is 0.140. The summed E-state index contributed by atoms with van der Waals surface area (Å²) in [4.78, 5) is 2.41. The number of rotatable bonds is 4. The zero-order valence-corrected chi connectivity index (χ0v) is 14.5. The van der Waals surface area contributed by atoms with E-state index in [4.69, 9.17) is 0 Å². The molecule has 23 heavy (non-hydrogen) atoms. The van der Waals surface area contributed by atoms with Crippen molar-refractivity contribution in [2.24, 2.45) is 0 Å². The van der Waals surface area contributed by atoms with Gasteiger partial charge in [0.2, 0.25) is 0 Å². The Morgan fingerprint density at radius 2 is 1.83 bits per heavy atom. The van der Waals surface area contributed by atoms with Gasteiger partial charge in [0.1, 0.15) is 11.6 Å². The summed E-state index contributed by atoms with van der Waals surface area (Å²) in [5.41, 5.74) is 2.18. The van der Waals surface area contributed by atoms with E-state index in [-0.39, 0.29) is 5.82 Å². The molecule has 0 spiro atoms. The fourth-order valence-corrected chi connectivity index (χ4v) is 4.35. The van der Waals surface area contributed by atoms with Crippen molar-refractivity contribution in [2.45, 2.75) is 32.7 Å². The molecule has 2 aromatic rings. The number of piperidine rings is 1. The Morgan fingerprint density at radius 3 is 2.61 bits per heavy atom. The number of aryl methyl sites for hydroxylation is 1. The Morgan fingerprint density at radius 1 is 1.04 bits per heavy atom. The molecular formula is C19H23FNOP. The molecule has 1 aliphatic rings. The van der Waals surface area contributed by atoms with Gasteiger partial charge in [0.15, 0.2) is 0 Å². The maximum absolute atomic E-state index is 13.7. The lowest BCUT2D eigenvalue weighted by molar-refractivity contribution is 0.221. The van der Waals surface area contributed by atoms with Crippen molar-refractivity contribution < 1.29 is 9.50 Å². The number of benzene rings is 2. The van der Waals surface area contributed by atoms with E-state index in [0.29, 0.717) is 14.3 Å². The number of aromatic hydroxyl groups is 1. The highest BCUT2D eigenvalue weighted by Crippen LogP contribution is 2.23. The van der Waals surface area contributed by atoms with Crippen LogP contribution in [0.15, 0.2) is 36.4 Å². The minimum absolute atomic E-state index is 0.181. The Labute approximate surface area is 139 Å². The number of hydrogen-bond acceptors (Lipinski definition) is 2. The lowest BCUT2D eigenvalue weighted by atomic mass is 10.1. The SMILES string of the molecule is Cc1ccc(O)c(Pc2ccc(F)cc2CN2CCCCC2)c1. The second kappa shape index (κ2) is 7.42. The number of likely N-dealkylation sites (tertiary alicyclic amines) is 1. The molecule has 0 aromatic heterocycles. The molecule has 0 saturated carbocycles. The van der Waals surface area contributed by atoms with Gasteiger partial charge in [-0.1, -0.05) is 32.7 Å². The molecule has 0 amide bonds. The lowest BCUT2D eigenvalue weighted by Gasteiger charge is -2.27. The summed E-state index contributed by atoms with van der Waals surface area (Å²) in [7, 11) is 0.345. The first-order valence-corrected chi connectivity index (χ1v) is 9.19. The van der Waals surface area contributed by atoms with E-state index in [1.807, 2.05) is 25.1 Å². The number of nitrogens with zero attached hydrogens (tertiary/aromatic N) is 1. The average molecular weight is 331 g/mol. The van der Waals surface area contributed by atoms with Crippen LogP contribution < -0.4 is 10.6 Å². The van der Waals surface area contributed by atoms with Gasteiger partial charge in [0, 0.05) is 11.8 Å². The maximum atomic E-state index is 13.7. The fourth-order valence-electron chi connectivity index (χ4n) is 3.07. The minimum atomic E-state index is -0.181. The third kappa shape index (κ3) is 4.31. The smallest absolute Gasteiger partial charge is 0.123 e. The van der Waals surface area contributed by atoms with Crippen LogP contribution in [0.4, 0.5) is 4.39 Å². The summed E-state index contributed by atoms with van der Waals surface area (Å²) in [6.45, 7) is 5.00. The van der Waals surface area contributed by atoms with Crippen LogP contribution in [0.3, 0.4) is 0 Å². The quantitative estimate of drug-likeness (QED) is 0.868. The molecule has 1 unspecified atom stereocenters. The third-order valence-corrected chi connectivity index (χ3v) is 5.76. The van der Waals surface area contributed by atoms with Crippen LogP contribution in [0.2, 0.25) is 0 Å². The molecule has 1 atom stereocenters. The Bertz CT molecular complexity index is 683. The number of phenolic OH excluding ortho intramolecular Hbond substituents is 1. The van der Waals surface area contributed by atoms with E-state index in [2.05, 4.69) is 4.90 Å². The van der Waals surface area contributed by atoms with Gasteiger partial charge in [-0.05, 0) is 68.0 Å². The molecule has 1 N–H and O–H groups in total. The second-order valence-electron chi connectivity index (χ2n) is 6.28. The number of phenols is 1. The Balaban J connectivity index is 1.84. The topological polar surface area (TPSA) is 23.5 Å². The van der Waals surface area contributed by atoms with Gasteiger partial charge in [-0.2, -0.15) is 0 Å². The molecule has 0 bridgehead atoms. The molecule has 3 rings (SSSR count). The second-order valence-corrected chi connectivity index (χ2v) is 7.61. The molecule has 122 valence electrons. The van der Waals surface area contributed by atoms with Crippen LogP contribution in [0.25, 0.3) is 0 Å². The van der Waals surface area contributed by atoms with E-state index >= 15 is 0 Å². The molecule has 2 nitrogen and oxygen atoms in total. The monoisotopic (exact) mass is 331 g/mol. The summed E-state index contributed by atoms with van der Waals surface area (Å²) in [6, 6.07) is 10.7. The van der Waals surface area contributed by atoms with Crippen molar-refractivity contribution in [3.63, 3.8) is 0 Å². The van der Waals surface area contributed by atoms with Gasteiger partial charge in [-0.3, -0.25) is 4.90 Å². The molecule has 0 aliphatic carbocycles. The number of halogens is 1. The van der Waals surface area contributed by atoms with Gasteiger partial charge >= 0.3 is 0 Å². The molecule has 1 fully saturated rings. The first-order chi connectivity index (χ1) is 11.1. The van der Waals surface area contributed by atoms with Crippen LogP contribution in [0.5, 0.6) is 5.75 Å². The van der Waals surface area contributed by atoms with Gasteiger partial charge in [-0.25, -0.2) is 4.39 Å². The zero-order chi connectivity index (χ0) is 16.2. The average Bonchev–Trinajstić information content (AvgIpc) is 2.54. The first-order valence-electron chi connectivity index (χ1n) is 8.19. The van der Waals surface area contributed by atoms with Gasteiger partial charge in [0.25, 0.3) is 0 Å². The molecular weight excluding hydrogens is 308 g/mol. The Kier molecular flexibility index (Phi) is 5.30. The van der Waals surface area contributed by atoms with Crippen molar-refractivity contribution >= 4 is 19.2 Å². The normalized spacial score (nSPS) is 16.3. The third-order valence-electron chi connectivity index (χ3n) is 4.33. The van der Waals surface area contributed by atoms with Gasteiger partial charge in [-0.15, -0.1) is 0 Å². The zero-order valence-electron chi connectivity index (χ0n) is 13.5. The maximum Gasteiger partial charge on any atom is 0.123 e. The van der Waals surface area contributed by atoms with Crippen LogP contribution in [-0.2, 0) is 6.54 Å². The molecule has 4 heteroatoms. The van der Waals surface area contributed by atoms with E-state index in [9.17, 15) is 9.50 Å². The van der Waals surface area contributed by atoms with Crippen LogP contribution in [0, 0.1) is 12.7 Å². The standard InChI is InChI=1S/C19H23FNOP/c1-14-5-7-17(22)19(11-14)23-18-8-6-16(20)12-15(18)13-21-9-3-2-4-10-21/h5-8,11-12,22-23H,2-4,9-10,13H2,1H3.